The lowest BCUT2D eigenvalue weighted by atomic mass is 10.2. The SMILES string of the molecule is COc1ccc(C(=O)NCc2nc3ccccc3n2CCOc2ccc(C)cc2)cc1. The van der Waals surface area contributed by atoms with E-state index >= 15 is 0 Å². The molecule has 3 aromatic carbocycles. The predicted molar refractivity (Wildman–Crippen MR) is 121 cm³/mol. The Morgan fingerprint density at radius 3 is 2.42 bits per heavy atom. The quantitative estimate of drug-likeness (QED) is 0.464. The number of fused-ring (bicyclic) bond motifs is 1. The molecular weight excluding hydrogens is 390 g/mol. The Morgan fingerprint density at radius 2 is 1.68 bits per heavy atom. The number of amides is 1. The zero-order valence-corrected chi connectivity index (χ0v) is 17.7. The van der Waals surface area contributed by atoms with Crippen molar-refractivity contribution in [2.45, 2.75) is 20.0 Å². The van der Waals surface area contributed by atoms with E-state index in [2.05, 4.69) is 9.88 Å². The van der Waals surface area contributed by atoms with Gasteiger partial charge in [0.15, 0.2) is 0 Å². The molecule has 1 N–H and O–H groups in total. The van der Waals surface area contributed by atoms with Crippen LogP contribution in [-0.2, 0) is 13.1 Å². The van der Waals surface area contributed by atoms with Crippen molar-refractivity contribution in [3.8, 4) is 11.5 Å². The number of methoxy groups -OCH3 is 1. The normalized spacial score (nSPS) is 10.8. The second-order valence-electron chi connectivity index (χ2n) is 7.24. The van der Waals surface area contributed by atoms with E-state index in [0.717, 1.165) is 22.6 Å². The summed E-state index contributed by atoms with van der Waals surface area (Å²) >= 11 is 0. The van der Waals surface area contributed by atoms with Crippen LogP contribution in [0.1, 0.15) is 21.7 Å². The number of ether oxygens (including phenoxy) is 2. The lowest BCUT2D eigenvalue weighted by Crippen LogP contribution is -2.25. The number of hydrogen-bond acceptors (Lipinski definition) is 4. The van der Waals surface area contributed by atoms with Crippen molar-refractivity contribution < 1.29 is 14.3 Å². The van der Waals surface area contributed by atoms with Gasteiger partial charge in [0.1, 0.15) is 23.9 Å². The third kappa shape index (κ3) is 4.86. The highest BCUT2D eigenvalue weighted by Crippen LogP contribution is 2.17. The number of rotatable bonds is 8. The van der Waals surface area contributed by atoms with E-state index in [1.165, 1.54) is 5.56 Å². The Labute approximate surface area is 181 Å². The number of hydrogen-bond donors (Lipinski definition) is 1. The summed E-state index contributed by atoms with van der Waals surface area (Å²) in [5.41, 5.74) is 3.68. The van der Waals surface area contributed by atoms with Crippen LogP contribution in [0.15, 0.2) is 72.8 Å². The molecule has 1 aromatic heterocycles. The van der Waals surface area contributed by atoms with Crippen LogP contribution < -0.4 is 14.8 Å². The standard InChI is InChI=1S/C25H25N3O3/c1-18-7-11-21(12-8-18)31-16-15-28-23-6-4-3-5-22(23)27-24(28)17-26-25(29)19-9-13-20(30-2)14-10-19/h3-14H,15-17H2,1-2H3,(H,26,29). The zero-order valence-electron chi connectivity index (χ0n) is 17.7. The molecule has 31 heavy (non-hydrogen) atoms. The molecule has 0 radical (unpaired) electrons. The highest BCUT2D eigenvalue weighted by Gasteiger charge is 2.13. The second kappa shape index (κ2) is 9.34. The molecule has 0 atom stereocenters. The first-order chi connectivity index (χ1) is 15.1. The van der Waals surface area contributed by atoms with Crippen molar-refractivity contribution in [1.29, 1.82) is 0 Å². The molecule has 0 saturated heterocycles. The molecule has 1 heterocycles. The Kier molecular flexibility index (Phi) is 6.17. The minimum absolute atomic E-state index is 0.155. The molecule has 0 aliphatic carbocycles. The summed E-state index contributed by atoms with van der Waals surface area (Å²) in [5.74, 6) is 2.18. The van der Waals surface area contributed by atoms with E-state index in [-0.39, 0.29) is 5.91 Å². The van der Waals surface area contributed by atoms with Crippen LogP contribution >= 0.6 is 0 Å². The van der Waals surface area contributed by atoms with E-state index in [1.54, 1.807) is 31.4 Å². The zero-order chi connectivity index (χ0) is 21.6. The van der Waals surface area contributed by atoms with Gasteiger partial charge in [-0.2, -0.15) is 0 Å². The number of imidazole rings is 1. The fourth-order valence-corrected chi connectivity index (χ4v) is 3.40. The molecule has 4 aromatic rings. The minimum atomic E-state index is -0.155. The molecule has 0 aliphatic heterocycles. The summed E-state index contributed by atoms with van der Waals surface area (Å²) in [6, 6.07) is 23.0. The maximum atomic E-state index is 12.6. The minimum Gasteiger partial charge on any atom is -0.497 e. The molecule has 0 fully saturated rings. The van der Waals surface area contributed by atoms with Gasteiger partial charge in [-0.1, -0.05) is 29.8 Å². The third-order valence-corrected chi connectivity index (χ3v) is 5.10. The fraction of sp³-hybridized carbons (Fsp3) is 0.200. The van der Waals surface area contributed by atoms with Crippen LogP contribution in [0, 0.1) is 6.92 Å². The van der Waals surface area contributed by atoms with Gasteiger partial charge >= 0.3 is 0 Å². The lowest BCUT2D eigenvalue weighted by molar-refractivity contribution is 0.0949. The number of nitrogens with one attached hydrogen (secondary N) is 1. The van der Waals surface area contributed by atoms with Crippen molar-refractivity contribution in [2.75, 3.05) is 13.7 Å². The van der Waals surface area contributed by atoms with Crippen molar-refractivity contribution in [2.24, 2.45) is 0 Å². The molecule has 0 spiro atoms. The summed E-state index contributed by atoms with van der Waals surface area (Å²) in [4.78, 5) is 17.3. The monoisotopic (exact) mass is 415 g/mol. The highest BCUT2D eigenvalue weighted by atomic mass is 16.5. The summed E-state index contributed by atoms with van der Waals surface area (Å²) < 4.78 is 13.1. The number of aromatic nitrogens is 2. The molecule has 0 unspecified atom stereocenters. The molecule has 0 bridgehead atoms. The number of para-hydroxylation sites is 2. The van der Waals surface area contributed by atoms with E-state index in [0.29, 0.717) is 31.0 Å². The van der Waals surface area contributed by atoms with Crippen molar-refractivity contribution >= 4 is 16.9 Å². The Bertz CT molecular complexity index is 1170. The number of nitrogens with zero attached hydrogens (tertiary/aromatic N) is 2. The average molecular weight is 415 g/mol. The first kappa shape index (κ1) is 20.5. The molecule has 6 nitrogen and oxygen atoms in total. The largest absolute Gasteiger partial charge is 0.497 e. The maximum Gasteiger partial charge on any atom is 0.251 e. The summed E-state index contributed by atoms with van der Waals surface area (Å²) in [5, 5.41) is 2.96. The van der Waals surface area contributed by atoms with Gasteiger partial charge in [0.05, 0.1) is 31.2 Å². The first-order valence-corrected chi connectivity index (χ1v) is 10.2. The number of carbonyl (C=O) groups is 1. The topological polar surface area (TPSA) is 65.4 Å². The molecule has 0 saturated carbocycles. The Morgan fingerprint density at radius 1 is 0.968 bits per heavy atom. The van der Waals surface area contributed by atoms with Crippen LogP contribution in [0.2, 0.25) is 0 Å². The van der Waals surface area contributed by atoms with Gasteiger partial charge in [0.25, 0.3) is 5.91 Å². The Balaban J connectivity index is 1.46. The number of aryl methyl sites for hydroxylation is 1. The molecular formula is C25H25N3O3. The molecule has 1 amide bonds. The van der Waals surface area contributed by atoms with E-state index < -0.39 is 0 Å². The fourth-order valence-electron chi connectivity index (χ4n) is 3.40. The van der Waals surface area contributed by atoms with Crippen LogP contribution in [-0.4, -0.2) is 29.2 Å². The van der Waals surface area contributed by atoms with Gasteiger partial charge in [-0.05, 0) is 55.5 Å². The van der Waals surface area contributed by atoms with E-state index in [4.69, 9.17) is 14.5 Å². The van der Waals surface area contributed by atoms with Gasteiger partial charge in [-0.25, -0.2) is 4.98 Å². The van der Waals surface area contributed by atoms with Gasteiger partial charge < -0.3 is 19.4 Å². The van der Waals surface area contributed by atoms with Crippen LogP contribution in [0.3, 0.4) is 0 Å². The van der Waals surface area contributed by atoms with Gasteiger partial charge in [0.2, 0.25) is 0 Å². The predicted octanol–water partition coefficient (Wildman–Crippen LogP) is 4.36. The Hall–Kier alpha value is -3.80. The molecule has 6 heteroatoms. The molecule has 158 valence electrons. The van der Waals surface area contributed by atoms with Crippen molar-refractivity contribution in [3.63, 3.8) is 0 Å². The van der Waals surface area contributed by atoms with Crippen molar-refractivity contribution in [1.82, 2.24) is 14.9 Å². The molecule has 0 aliphatic rings. The van der Waals surface area contributed by atoms with Crippen LogP contribution in [0.4, 0.5) is 0 Å². The van der Waals surface area contributed by atoms with Gasteiger partial charge in [-0.3, -0.25) is 4.79 Å². The first-order valence-electron chi connectivity index (χ1n) is 10.2. The number of carbonyl (C=O) groups excluding carboxylic acids is 1. The second-order valence-corrected chi connectivity index (χ2v) is 7.24. The summed E-state index contributed by atoms with van der Waals surface area (Å²) in [7, 11) is 1.60. The van der Waals surface area contributed by atoms with Crippen LogP contribution in [0.25, 0.3) is 11.0 Å². The van der Waals surface area contributed by atoms with Gasteiger partial charge in [0, 0.05) is 5.56 Å². The van der Waals surface area contributed by atoms with Crippen LogP contribution in [0.5, 0.6) is 11.5 Å². The highest BCUT2D eigenvalue weighted by molar-refractivity contribution is 5.94. The number of benzene rings is 3. The van der Waals surface area contributed by atoms with Gasteiger partial charge in [-0.15, -0.1) is 0 Å². The lowest BCUT2D eigenvalue weighted by Gasteiger charge is -2.12. The van der Waals surface area contributed by atoms with Crippen molar-refractivity contribution in [3.05, 3.63) is 89.7 Å². The smallest absolute Gasteiger partial charge is 0.251 e. The average Bonchev–Trinajstić information content (AvgIpc) is 3.16. The van der Waals surface area contributed by atoms with E-state index in [9.17, 15) is 4.79 Å². The summed E-state index contributed by atoms with van der Waals surface area (Å²) in [6.45, 7) is 3.50. The maximum absolute atomic E-state index is 12.6. The summed E-state index contributed by atoms with van der Waals surface area (Å²) in [6.07, 6.45) is 0. The third-order valence-electron chi connectivity index (χ3n) is 5.10. The van der Waals surface area contributed by atoms with E-state index in [1.807, 2.05) is 55.5 Å². The molecule has 4 rings (SSSR count).